The molecule has 5 nitrogen and oxygen atoms in total. The largest absolute Gasteiger partial charge is 0.475 e. The first-order valence-corrected chi connectivity index (χ1v) is 5.75. The van der Waals surface area contributed by atoms with Gasteiger partial charge < -0.3 is 15.8 Å². The molecule has 0 aliphatic heterocycles. The van der Waals surface area contributed by atoms with E-state index < -0.39 is 17.6 Å². The molecule has 0 unspecified atom stereocenters. The molecule has 0 bridgehead atoms. The summed E-state index contributed by atoms with van der Waals surface area (Å²) in [6.07, 6.45) is -1.67. The number of aromatic nitrogens is 1. The zero-order valence-electron chi connectivity index (χ0n) is 11.1. The van der Waals surface area contributed by atoms with Crippen LogP contribution in [0.4, 0.5) is 13.2 Å². The second kappa shape index (κ2) is 9.42. The van der Waals surface area contributed by atoms with Crippen molar-refractivity contribution in [1.82, 2.24) is 10.3 Å². The van der Waals surface area contributed by atoms with E-state index in [-0.39, 0.29) is 43.1 Å². The van der Waals surface area contributed by atoms with E-state index in [9.17, 15) is 13.2 Å². The number of guanidine groups is 1. The maximum atomic E-state index is 12.6. The smallest absolute Gasteiger partial charge is 0.421 e. The summed E-state index contributed by atoms with van der Waals surface area (Å²) < 4.78 is 42.9. The summed E-state index contributed by atoms with van der Waals surface area (Å²) >= 11 is 0. The average molecular weight is 416 g/mol. The molecule has 1 aromatic heterocycles. The second-order valence-electron chi connectivity index (χ2n) is 3.64. The van der Waals surface area contributed by atoms with Crippen LogP contribution in [0.25, 0.3) is 0 Å². The third-order valence-corrected chi connectivity index (χ3v) is 2.12. The average Bonchev–Trinajstić information content (AvgIpc) is 2.40. The van der Waals surface area contributed by atoms with Gasteiger partial charge in [-0.15, -0.1) is 30.6 Å². The summed E-state index contributed by atoms with van der Waals surface area (Å²) in [6.45, 7) is 4.00. The predicted octanol–water partition coefficient (Wildman–Crippen LogP) is 2.19. The lowest BCUT2D eigenvalue weighted by Crippen LogP contribution is -2.32. The summed E-state index contributed by atoms with van der Waals surface area (Å²) in [5.74, 6) is -0.293. The van der Waals surface area contributed by atoms with E-state index >= 15 is 0 Å². The maximum Gasteiger partial charge on any atom is 0.421 e. The van der Waals surface area contributed by atoms with Crippen molar-refractivity contribution >= 4 is 29.9 Å². The minimum Gasteiger partial charge on any atom is -0.475 e. The number of alkyl halides is 3. The van der Waals surface area contributed by atoms with Gasteiger partial charge >= 0.3 is 6.18 Å². The van der Waals surface area contributed by atoms with Crippen molar-refractivity contribution in [1.29, 1.82) is 0 Å². The lowest BCUT2D eigenvalue weighted by atomic mass is 10.2. The molecule has 9 heteroatoms. The summed E-state index contributed by atoms with van der Waals surface area (Å²) in [6, 6.07) is 2.11. The van der Waals surface area contributed by atoms with Crippen LogP contribution in [0.5, 0.6) is 5.88 Å². The van der Waals surface area contributed by atoms with Gasteiger partial charge in [0.1, 0.15) is 12.2 Å². The van der Waals surface area contributed by atoms with Crippen molar-refractivity contribution in [2.45, 2.75) is 6.18 Å². The van der Waals surface area contributed by atoms with Crippen molar-refractivity contribution in [3.8, 4) is 5.88 Å². The Labute approximate surface area is 137 Å². The van der Waals surface area contributed by atoms with Crippen LogP contribution < -0.4 is 15.8 Å². The number of nitrogens with one attached hydrogen (secondary N) is 1. The van der Waals surface area contributed by atoms with Gasteiger partial charge in [0, 0.05) is 12.7 Å². The lowest BCUT2D eigenvalue weighted by Gasteiger charge is -2.11. The van der Waals surface area contributed by atoms with Gasteiger partial charge in [0.05, 0.1) is 6.54 Å². The highest BCUT2D eigenvalue weighted by Gasteiger charge is 2.34. The molecule has 3 N–H and O–H groups in total. The highest BCUT2D eigenvalue weighted by Crippen LogP contribution is 2.34. The molecule has 0 saturated heterocycles. The second-order valence-corrected chi connectivity index (χ2v) is 3.64. The molecule has 1 aromatic rings. The Hall–Kier alpha value is -1.52. The first-order chi connectivity index (χ1) is 9.45. The Morgan fingerprint density at radius 1 is 1.52 bits per heavy atom. The van der Waals surface area contributed by atoms with E-state index in [1.54, 1.807) is 6.08 Å². The van der Waals surface area contributed by atoms with Gasteiger partial charge in [-0.3, -0.25) is 0 Å². The van der Waals surface area contributed by atoms with Crippen LogP contribution in [0.2, 0.25) is 0 Å². The van der Waals surface area contributed by atoms with Crippen molar-refractivity contribution < 1.29 is 17.9 Å². The fourth-order valence-electron chi connectivity index (χ4n) is 1.26. The van der Waals surface area contributed by atoms with Gasteiger partial charge in [-0.05, 0) is 12.1 Å². The van der Waals surface area contributed by atoms with Crippen LogP contribution in [-0.4, -0.2) is 30.6 Å². The fourth-order valence-corrected chi connectivity index (χ4v) is 1.26. The van der Waals surface area contributed by atoms with Crippen LogP contribution in [-0.2, 0) is 6.18 Å². The molecule has 0 aliphatic rings. The van der Waals surface area contributed by atoms with E-state index in [1.165, 1.54) is 12.3 Å². The van der Waals surface area contributed by atoms with Crippen molar-refractivity contribution in [2.24, 2.45) is 10.7 Å². The molecular weight excluding hydrogens is 400 g/mol. The Morgan fingerprint density at radius 2 is 2.24 bits per heavy atom. The van der Waals surface area contributed by atoms with Crippen LogP contribution in [0.3, 0.4) is 0 Å². The standard InChI is InChI=1S/C12H15F3N4O.HI/c1-2-5-18-11(16)19-7-8-20-10-9(12(13,14)15)4-3-6-17-10;/h2-4,6H,1,5,7-8H2,(H3,16,18,19);1H. The van der Waals surface area contributed by atoms with Gasteiger partial charge in [-0.1, -0.05) is 6.08 Å². The van der Waals surface area contributed by atoms with E-state index in [0.29, 0.717) is 6.54 Å². The summed E-state index contributed by atoms with van der Waals surface area (Å²) in [5, 5.41) is 2.73. The number of ether oxygens (including phenoxy) is 1. The van der Waals surface area contributed by atoms with E-state index in [4.69, 9.17) is 10.5 Å². The monoisotopic (exact) mass is 416 g/mol. The third-order valence-electron chi connectivity index (χ3n) is 2.12. The quantitative estimate of drug-likeness (QED) is 0.245. The zero-order chi connectivity index (χ0) is 15.0. The number of aliphatic imine (C=N–C) groups is 1. The predicted molar refractivity (Wildman–Crippen MR) is 84.8 cm³/mol. The number of hydrogen-bond donors (Lipinski definition) is 2. The maximum absolute atomic E-state index is 12.6. The van der Waals surface area contributed by atoms with E-state index in [1.807, 2.05) is 0 Å². The van der Waals surface area contributed by atoms with Crippen molar-refractivity contribution in [3.63, 3.8) is 0 Å². The van der Waals surface area contributed by atoms with Gasteiger partial charge in [-0.2, -0.15) is 13.2 Å². The van der Waals surface area contributed by atoms with Crippen molar-refractivity contribution in [3.05, 3.63) is 36.5 Å². The number of rotatable bonds is 6. The van der Waals surface area contributed by atoms with Crippen LogP contribution in [0, 0.1) is 0 Å². The first kappa shape index (κ1) is 19.5. The molecular formula is C12H16F3IN4O. The number of nitrogens with zero attached hydrogens (tertiary/aromatic N) is 2. The molecule has 21 heavy (non-hydrogen) atoms. The SMILES string of the molecule is C=CCNC(N)=NCCOc1ncccc1C(F)(F)F.I. The molecule has 1 rings (SSSR count). The highest BCUT2D eigenvalue weighted by molar-refractivity contribution is 14.0. The lowest BCUT2D eigenvalue weighted by molar-refractivity contribution is -0.139. The number of pyridine rings is 1. The Balaban J connectivity index is 0.00000400. The molecule has 0 aromatic carbocycles. The minimum atomic E-state index is -4.50. The Morgan fingerprint density at radius 3 is 2.86 bits per heavy atom. The highest BCUT2D eigenvalue weighted by atomic mass is 127. The summed E-state index contributed by atoms with van der Waals surface area (Å²) in [5.41, 5.74) is 4.56. The van der Waals surface area contributed by atoms with E-state index in [2.05, 4.69) is 21.9 Å². The summed E-state index contributed by atoms with van der Waals surface area (Å²) in [4.78, 5) is 7.43. The molecule has 0 atom stereocenters. The fraction of sp³-hybridized carbons (Fsp3) is 0.333. The Kier molecular flexibility index (Phi) is 8.74. The number of nitrogens with two attached hydrogens (primary N) is 1. The molecule has 0 amide bonds. The van der Waals surface area contributed by atoms with Gasteiger partial charge in [0.15, 0.2) is 5.96 Å². The molecule has 0 aliphatic carbocycles. The third kappa shape index (κ3) is 7.16. The minimum absolute atomic E-state index is 0. The van der Waals surface area contributed by atoms with Crippen LogP contribution in [0.1, 0.15) is 5.56 Å². The number of halogens is 4. The van der Waals surface area contributed by atoms with E-state index in [0.717, 1.165) is 6.07 Å². The van der Waals surface area contributed by atoms with Crippen molar-refractivity contribution in [2.75, 3.05) is 19.7 Å². The Bertz CT molecular complexity index is 480. The molecule has 0 radical (unpaired) electrons. The molecule has 1 heterocycles. The van der Waals surface area contributed by atoms with Gasteiger partial charge in [0.2, 0.25) is 5.88 Å². The molecule has 0 saturated carbocycles. The topological polar surface area (TPSA) is 72.5 Å². The summed E-state index contributed by atoms with van der Waals surface area (Å²) in [7, 11) is 0. The molecule has 0 fully saturated rings. The van der Waals surface area contributed by atoms with Gasteiger partial charge in [0.25, 0.3) is 0 Å². The molecule has 0 spiro atoms. The first-order valence-electron chi connectivity index (χ1n) is 5.75. The zero-order valence-corrected chi connectivity index (χ0v) is 13.4. The molecule has 118 valence electrons. The van der Waals surface area contributed by atoms with Crippen LogP contribution in [0.15, 0.2) is 36.0 Å². The number of hydrogen-bond acceptors (Lipinski definition) is 3. The normalized spacial score (nSPS) is 11.5. The van der Waals surface area contributed by atoms with Gasteiger partial charge in [-0.25, -0.2) is 9.98 Å². The van der Waals surface area contributed by atoms with Crippen LogP contribution >= 0.6 is 24.0 Å².